The molecule has 22 heavy (non-hydrogen) atoms. The number of anilines is 1. The van der Waals surface area contributed by atoms with E-state index in [2.05, 4.69) is 27.1 Å². The van der Waals surface area contributed by atoms with Crippen LogP contribution in [-0.2, 0) is 0 Å². The molecule has 3 heterocycles. The number of halogens is 1. The van der Waals surface area contributed by atoms with E-state index in [1.165, 1.54) is 0 Å². The Balaban J connectivity index is 1.85. The fourth-order valence-corrected chi connectivity index (χ4v) is 3.61. The third-order valence-electron chi connectivity index (χ3n) is 3.89. The number of fused-ring (bicyclic) bond motifs is 1. The number of hydrogen-bond acceptors (Lipinski definition) is 6. The van der Waals surface area contributed by atoms with E-state index in [9.17, 15) is 0 Å². The standard InChI is InChI=1S/C15H15ClN4OS/c1-9-6-17-2-3-20(9)15-19-12-5-10(16)4-11(14(12)21-15)13-7-18-8-22-13/h4-5,7-9,17H,2-3,6H2,1H3/t9-/m0/s1. The van der Waals surface area contributed by atoms with Crippen molar-refractivity contribution < 1.29 is 4.42 Å². The van der Waals surface area contributed by atoms with Gasteiger partial charge in [-0.15, -0.1) is 11.3 Å². The lowest BCUT2D eigenvalue weighted by atomic mass is 10.2. The van der Waals surface area contributed by atoms with E-state index in [1.807, 2.05) is 18.3 Å². The maximum atomic E-state index is 6.24. The minimum absolute atomic E-state index is 0.351. The Labute approximate surface area is 136 Å². The molecule has 1 atom stereocenters. The van der Waals surface area contributed by atoms with Gasteiger partial charge in [-0.1, -0.05) is 11.6 Å². The van der Waals surface area contributed by atoms with E-state index in [1.54, 1.807) is 16.8 Å². The number of piperazine rings is 1. The minimum atomic E-state index is 0.351. The molecule has 1 aromatic carbocycles. The Kier molecular flexibility index (Phi) is 3.52. The van der Waals surface area contributed by atoms with Gasteiger partial charge in [0.15, 0.2) is 5.58 Å². The van der Waals surface area contributed by atoms with Crippen LogP contribution in [0.25, 0.3) is 21.5 Å². The molecule has 114 valence electrons. The third kappa shape index (κ3) is 2.37. The van der Waals surface area contributed by atoms with Crippen LogP contribution in [-0.4, -0.2) is 35.6 Å². The smallest absolute Gasteiger partial charge is 0.298 e. The summed E-state index contributed by atoms with van der Waals surface area (Å²) in [4.78, 5) is 12.0. The van der Waals surface area contributed by atoms with Gasteiger partial charge in [0.1, 0.15) is 5.52 Å². The van der Waals surface area contributed by atoms with Gasteiger partial charge in [-0.25, -0.2) is 0 Å². The zero-order valence-corrected chi connectivity index (χ0v) is 13.6. The zero-order chi connectivity index (χ0) is 15.1. The molecule has 0 spiro atoms. The number of benzene rings is 1. The monoisotopic (exact) mass is 334 g/mol. The summed E-state index contributed by atoms with van der Waals surface area (Å²) in [5.41, 5.74) is 4.31. The molecule has 0 amide bonds. The Morgan fingerprint density at radius 3 is 3.14 bits per heavy atom. The zero-order valence-electron chi connectivity index (χ0n) is 12.0. The second-order valence-electron chi connectivity index (χ2n) is 5.41. The van der Waals surface area contributed by atoms with Gasteiger partial charge in [0.05, 0.1) is 10.4 Å². The van der Waals surface area contributed by atoms with Gasteiger partial charge < -0.3 is 14.6 Å². The summed E-state index contributed by atoms with van der Waals surface area (Å²) in [6.45, 7) is 4.92. The Morgan fingerprint density at radius 1 is 1.45 bits per heavy atom. The number of hydrogen-bond donors (Lipinski definition) is 1. The maximum Gasteiger partial charge on any atom is 0.298 e. The predicted octanol–water partition coefficient (Wildman–Crippen LogP) is 3.40. The first-order valence-electron chi connectivity index (χ1n) is 7.18. The van der Waals surface area contributed by atoms with Crippen LogP contribution in [0, 0.1) is 0 Å². The van der Waals surface area contributed by atoms with Crippen molar-refractivity contribution in [3.8, 4) is 10.4 Å². The molecule has 7 heteroatoms. The van der Waals surface area contributed by atoms with Crippen LogP contribution < -0.4 is 10.2 Å². The molecule has 0 saturated carbocycles. The van der Waals surface area contributed by atoms with Gasteiger partial charge in [-0.2, -0.15) is 4.98 Å². The van der Waals surface area contributed by atoms with Crippen molar-refractivity contribution in [2.24, 2.45) is 0 Å². The molecule has 3 aromatic rings. The molecule has 0 bridgehead atoms. The topological polar surface area (TPSA) is 54.2 Å². The number of nitrogens with one attached hydrogen (secondary N) is 1. The molecule has 1 fully saturated rings. The molecule has 2 aromatic heterocycles. The van der Waals surface area contributed by atoms with E-state index >= 15 is 0 Å². The summed E-state index contributed by atoms with van der Waals surface area (Å²) in [7, 11) is 0. The van der Waals surface area contributed by atoms with E-state index in [0.717, 1.165) is 41.2 Å². The number of nitrogens with zero attached hydrogens (tertiary/aromatic N) is 3. The van der Waals surface area contributed by atoms with Gasteiger partial charge in [-0.05, 0) is 19.1 Å². The SMILES string of the molecule is C[C@H]1CNCCN1c1nc2cc(Cl)cc(-c3cncs3)c2o1. The number of aromatic nitrogens is 2. The highest BCUT2D eigenvalue weighted by Crippen LogP contribution is 2.36. The Morgan fingerprint density at radius 2 is 2.36 bits per heavy atom. The lowest BCUT2D eigenvalue weighted by molar-refractivity contribution is 0.456. The summed E-state index contributed by atoms with van der Waals surface area (Å²) < 4.78 is 6.10. The first-order valence-corrected chi connectivity index (χ1v) is 8.44. The molecule has 0 radical (unpaired) electrons. The maximum absolute atomic E-state index is 6.24. The van der Waals surface area contributed by atoms with Crippen molar-refractivity contribution in [2.45, 2.75) is 13.0 Å². The van der Waals surface area contributed by atoms with E-state index in [0.29, 0.717) is 17.1 Å². The highest BCUT2D eigenvalue weighted by molar-refractivity contribution is 7.13. The quantitative estimate of drug-likeness (QED) is 0.778. The van der Waals surface area contributed by atoms with Gasteiger partial charge >= 0.3 is 0 Å². The van der Waals surface area contributed by atoms with Crippen molar-refractivity contribution in [2.75, 3.05) is 24.5 Å². The molecular weight excluding hydrogens is 320 g/mol. The van der Waals surface area contributed by atoms with Crippen LogP contribution in [0.5, 0.6) is 0 Å². The molecule has 4 rings (SSSR count). The summed E-state index contributed by atoms with van der Waals surface area (Å²) >= 11 is 7.81. The average Bonchev–Trinajstić information content (AvgIpc) is 3.15. The lowest BCUT2D eigenvalue weighted by Gasteiger charge is -2.32. The van der Waals surface area contributed by atoms with Crippen LogP contribution in [0.3, 0.4) is 0 Å². The predicted molar refractivity (Wildman–Crippen MR) is 89.8 cm³/mol. The number of thiazole rings is 1. The molecule has 1 aliphatic heterocycles. The molecule has 1 saturated heterocycles. The summed E-state index contributed by atoms with van der Waals surface area (Å²) in [6.07, 6.45) is 1.82. The van der Waals surface area contributed by atoms with Crippen LogP contribution >= 0.6 is 22.9 Å². The Hall–Kier alpha value is -1.63. The summed E-state index contributed by atoms with van der Waals surface area (Å²) in [6, 6.07) is 4.77. The molecule has 5 nitrogen and oxygen atoms in total. The first-order chi connectivity index (χ1) is 10.7. The van der Waals surface area contributed by atoms with E-state index < -0.39 is 0 Å². The van der Waals surface area contributed by atoms with Crippen molar-refractivity contribution in [3.05, 3.63) is 28.9 Å². The van der Waals surface area contributed by atoms with Crippen LogP contribution in [0.2, 0.25) is 5.02 Å². The van der Waals surface area contributed by atoms with Gasteiger partial charge in [0.25, 0.3) is 6.01 Å². The second kappa shape index (κ2) is 5.53. The van der Waals surface area contributed by atoms with Gasteiger partial charge in [0.2, 0.25) is 0 Å². The minimum Gasteiger partial charge on any atom is -0.423 e. The van der Waals surface area contributed by atoms with Gasteiger partial charge in [-0.3, -0.25) is 4.98 Å². The lowest BCUT2D eigenvalue weighted by Crippen LogP contribution is -2.50. The average molecular weight is 335 g/mol. The summed E-state index contributed by atoms with van der Waals surface area (Å²) in [5, 5.41) is 4.03. The van der Waals surface area contributed by atoms with Crippen molar-refractivity contribution >= 4 is 40.1 Å². The number of oxazole rings is 1. The van der Waals surface area contributed by atoms with Crippen molar-refractivity contribution in [1.29, 1.82) is 0 Å². The van der Waals surface area contributed by atoms with E-state index in [4.69, 9.17) is 16.0 Å². The molecular formula is C15H15ClN4OS. The highest BCUT2D eigenvalue weighted by atomic mass is 35.5. The van der Waals surface area contributed by atoms with Crippen molar-refractivity contribution in [1.82, 2.24) is 15.3 Å². The largest absolute Gasteiger partial charge is 0.423 e. The van der Waals surface area contributed by atoms with Crippen LogP contribution in [0.4, 0.5) is 6.01 Å². The first kappa shape index (κ1) is 14.0. The fraction of sp³-hybridized carbons (Fsp3) is 0.333. The second-order valence-corrected chi connectivity index (χ2v) is 6.73. The van der Waals surface area contributed by atoms with Crippen LogP contribution in [0.1, 0.15) is 6.92 Å². The fourth-order valence-electron chi connectivity index (χ4n) is 2.77. The molecule has 0 aliphatic carbocycles. The van der Waals surface area contributed by atoms with Gasteiger partial charge in [0, 0.05) is 42.5 Å². The normalized spacial score (nSPS) is 19.0. The van der Waals surface area contributed by atoms with Crippen LogP contribution in [0.15, 0.2) is 28.3 Å². The molecule has 1 aliphatic rings. The summed E-state index contributed by atoms with van der Waals surface area (Å²) in [5.74, 6) is 0. The van der Waals surface area contributed by atoms with Crippen molar-refractivity contribution in [3.63, 3.8) is 0 Å². The number of rotatable bonds is 2. The molecule has 0 unspecified atom stereocenters. The highest BCUT2D eigenvalue weighted by Gasteiger charge is 2.24. The third-order valence-corrected chi connectivity index (χ3v) is 4.91. The van der Waals surface area contributed by atoms with E-state index in [-0.39, 0.29) is 0 Å². The molecule has 1 N–H and O–H groups in total. The Bertz CT molecular complexity index is 801.